The minimum Gasteiger partial charge on any atom is -0.497 e. The Morgan fingerprint density at radius 3 is 2.88 bits per heavy atom. The minimum absolute atomic E-state index is 0.0177. The average Bonchev–Trinajstić information content (AvgIpc) is 3.02. The van der Waals surface area contributed by atoms with Crippen molar-refractivity contribution in [1.29, 1.82) is 0 Å². The predicted octanol–water partition coefficient (Wildman–Crippen LogP) is 1.30. The van der Waals surface area contributed by atoms with Gasteiger partial charge in [0.1, 0.15) is 17.8 Å². The Balaban J connectivity index is 1.60. The molecule has 136 valence electrons. The molecule has 0 bridgehead atoms. The number of nitrogens with zero attached hydrogens (tertiary/aromatic N) is 1. The summed E-state index contributed by atoms with van der Waals surface area (Å²) in [6.45, 7) is 5.41. The van der Waals surface area contributed by atoms with Crippen molar-refractivity contribution in [3.63, 3.8) is 0 Å². The van der Waals surface area contributed by atoms with E-state index in [2.05, 4.69) is 24.5 Å². The standard InChI is InChI=1S/C19H27N3O3/c1-12(2)7-16-19(24)22-11-14(9-17(22)18(23)21-16)20-10-13-5-4-6-15(8-13)25-3/h4-6,8,12,14,16-17,20H,7,9-11H2,1-3H3,(H,21,23)/t14-,16-,17-/m0/s1. The molecule has 0 saturated carbocycles. The Morgan fingerprint density at radius 2 is 2.16 bits per heavy atom. The molecular weight excluding hydrogens is 318 g/mol. The zero-order chi connectivity index (χ0) is 18.0. The lowest BCUT2D eigenvalue weighted by atomic mass is 9.99. The zero-order valence-corrected chi connectivity index (χ0v) is 15.1. The average molecular weight is 345 g/mol. The van der Waals surface area contributed by atoms with Gasteiger partial charge in [-0.05, 0) is 36.5 Å². The number of nitrogens with one attached hydrogen (secondary N) is 2. The van der Waals surface area contributed by atoms with Crippen molar-refractivity contribution in [2.45, 2.75) is 51.4 Å². The van der Waals surface area contributed by atoms with E-state index >= 15 is 0 Å². The van der Waals surface area contributed by atoms with Gasteiger partial charge in [-0.1, -0.05) is 26.0 Å². The van der Waals surface area contributed by atoms with Crippen LogP contribution in [0.4, 0.5) is 0 Å². The molecule has 0 spiro atoms. The van der Waals surface area contributed by atoms with Crippen molar-refractivity contribution in [3.8, 4) is 5.75 Å². The third-order valence-electron chi connectivity index (χ3n) is 4.94. The zero-order valence-electron chi connectivity index (χ0n) is 15.1. The van der Waals surface area contributed by atoms with Crippen molar-refractivity contribution in [2.75, 3.05) is 13.7 Å². The maximum absolute atomic E-state index is 12.7. The number of hydrogen-bond donors (Lipinski definition) is 2. The molecule has 0 aliphatic carbocycles. The first kappa shape index (κ1) is 17.7. The van der Waals surface area contributed by atoms with Crippen molar-refractivity contribution < 1.29 is 14.3 Å². The van der Waals surface area contributed by atoms with Gasteiger partial charge in [-0.15, -0.1) is 0 Å². The maximum atomic E-state index is 12.7. The molecule has 2 saturated heterocycles. The highest BCUT2D eigenvalue weighted by atomic mass is 16.5. The molecule has 0 aromatic heterocycles. The quantitative estimate of drug-likeness (QED) is 0.815. The van der Waals surface area contributed by atoms with Gasteiger partial charge >= 0.3 is 0 Å². The van der Waals surface area contributed by atoms with Crippen LogP contribution < -0.4 is 15.4 Å². The Kier molecular flexibility index (Phi) is 5.27. The lowest BCUT2D eigenvalue weighted by Gasteiger charge is -2.35. The molecule has 6 nitrogen and oxygen atoms in total. The van der Waals surface area contributed by atoms with Crippen LogP contribution in [-0.2, 0) is 16.1 Å². The first-order chi connectivity index (χ1) is 12.0. The van der Waals surface area contributed by atoms with Crippen LogP contribution in [0.3, 0.4) is 0 Å². The summed E-state index contributed by atoms with van der Waals surface area (Å²) in [7, 11) is 1.65. The third-order valence-corrected chi connectivity index (χ3v) is 4.94. The van der Waals surface area contributed by atoms with Crippen LogP contribution in [0.1, 0.15) is 32.3 Å². The normalized spacial score (nSPS) is 25.9. The molecule has 2 N–H and O–H groups in total. The first-order valence-electron chi connectivity index (χ1n) is 8.95. The Morgan fingerprint density at radius 1 is 1.36 bits per heavy atom. The van der Waals surface area contributed by atoms with Crippen molar-refractivity contribution in [2.24, 2.45) is 5.92 Å². The van der Waals surface area contributed by atoms with E-state index in [9.17, 15) is 9.59 Å². The number of hydrogen-bond acceptors (Lipinski definition) is 4. The lowest BCUT2D eigenvalue weighted by Crippen LogP contribution is -2.61. The highest BCUT2D eigenvalue weighted by Crippen LogP contribution is 2.25. The molecule has 2 heterocycles. The summed E-state index contributed by atoms with van der Waals surface area (Å²) in [5, 5.41) is 6.38. The number of methoxy groups -OCH3 is 1. The molecule has 2 amide bonds. The Hall–Kier alpha value is -2.08. The van der Waals surface area contributed by atoms with Crippen LogP contribution in [0.2, 0.25) is 0 Å². The molecule has 3 rings (SSSR count). The smallest absolute Gasteiger partial charge is 0.245 e. The second-order valence-electron chi connectivity index (χ2n) is 7.36. The van der Waals surface area contributed by atoms with Crippen molar-refractivity contribution in [3.05, 3.63) is 29.8 Å². The number of rotatable bonds is 6. The van der Waals surface area contributed by atoms with Crippen LogP contribution in [0.5, 0.6) is 5.75 Å². The van der Waals surface area contributed by atoms with Crippen LogP contribution in [0.15, 0.2) is 24.3 Å². The molecule has 1 aromatic rings. The second-order valence-corrected chi connectivity index (χ2v) is 7.36. The molecule has 2 aliphatic rings. The van der Waals surface area contributed by atoms with E-state index < -0.39 is 0 Å². The summed E-state index contributed by atoms with van der Waals surface area (Å²) in [5.74, 6) is 1.24. The molecule has 25 heavy (non-hydrogen) atoms. The fourth-order valence-electron chi connectivity index (χ4n) is 3.68. The molecule has 3 atom stereocenters. The number of benzene rings is 1. The Labute approximate surface area is 148 Å². The number of piperazine rings is 1. The second kappa shape index (κ2) is 7.44. The molecule has 0 radical (unpaired) electrons. The summed E-state index contributed by atoms with van der Waals surface area (Å²) in [4.78, 5) is 26.8. The van der Waals surface area contributed by atoms with Gasteiger partial charge in [-0.25, -0.2) is 0 Å². The number of ether oxygens (including phenoxy) is 1. The fraction of sp³-hybridized carbons (Fsp3) is 0.579. The summed E-state index contributed by atoms with van der Waals surface area (Å²) < 4.78 is 5.24. The van der Waals surface area contributed by atoms with Gasteiger partial charge in [-0.3, -0.25) is 9.59 Å². The SMILES string of the molecule is COc1cccc(CN[C@H]2C[C@H]3C(=O)N[C@@H](CC(C)C)C(=O)N3C2)c1. The number of amides is 2. The molecule has 1 aromatic carbocycles. The fourth-order valence-corrected chi connectivity index (χ4v) is 3.68. The monoisotopic (exact) mass is 345 g/mol. The third kappa shape index (κ3) is 3.95. The summed E-state index contributed by atoms with van der Waals surface area (Å²) in [6, 6.07) is 7.32. The molecule has 6 heteroatoms. The van der Waals surface area contributed by atoms with Gasteiger partial charge < -0.3 is 20.3 Å². The van der Waals surface area contributed by atoms with Gasteiger partial charge in [0.15, 0.2) is 0 Å². The predicted molar refractivity (Wildman–Crippen MR) is 95.1 cm³/mol. The summed E-state index contributed by atoms with van der Waals surface area (Å²) in [5.41, 5.74) is 1.12. The van der Waals surface area contributed by atoms with Crippen molar-refractivity contribution >= 4 is 11.8 Å². The van der Waals surface area contributed by atoms with E-state index in [1.54, 1.807) is 12.0 Å². The minimum atomic E-state index is -0.374. The van der Waals surface area contributed by atoms with E-state index in [1.165, 1.54) is 0 Å². The maximum Gasteiger partial charge on any atom is 0.245 e. The van der Waals surface area contributed by atoms with E-state index in [0.29, 0.717) is 31.8 Å². The molecule has 2 aliphatic heterocycles. The topological polar surface area (TPSA) is 70.7 Å². The van der Waals surface area contributed by atoms with E-state index in [4.69, 9.17) is 4.74 Å². The van der Waals surface area contributed by atoms with Gasteiger partial charge in [0.25, 0.3) is 0 Å². The van der Waals surface area contributed by atoms with Gasteiger partial charge in [0.2, 0.25) is 11.8 Å². The van der Waals surface area contributed by atoms with Gasteiger partial charge in [0.05, 0.1) is 7.11 Å². The summed E-state index contributed by atoms with van der Waals surface area (Å²) >= 11 is 0. The highest BCUT2D eigenvalue weighted by Gasteiger charge is 2.46. The molecule has 2 fully saturated rings. The van der Waals surface area contributed by atoms with Crippen LogP contribution in [0, 0.1) is 5.92 Å². The largest absolute Gasteiger partial charge is 0.497 e. The van der Waals surface area contributed by atoms with Gasteiger partial charge in [0, 0.05) is 19.1 Å². The van der Waals surface area contributed by atoms with Crippen molar-refractivity contribution in [1.82, 2.24) is 15.5 Å². The van der Waals surface area contributed by atoms with E-state index in [1.807, 2.05) is 24.3 Å². The highest BCUT2D eigenvalue weighted by molar-refractivity contribution is 5.97. The van der Waals surface area contributed by atoms with Gasteiger partial charge in [-0.2, -0.15) is 0 Å². The van der Waals surface area contributed by atoms with Crippen LogP contribution in [0.25, 0.3) is 0 Å². The number of carbonyl (C=O) groups excluding carboxylic acids is 2. The number of carbonyl (C=O) groups is 2. The van der Waals surface area contributed by atoms with Crippen LogP contribution in [-0.4, -0.2) is 48.5 Å². The number of fused-ring (bicyclic) bond motifs is 1. The molecular formula is C19H27N3O3. The van der Waals surface area contributed by atoms with E-state index in [0.717, 1.165) is 11.3 Å². The lowest BCUT2D eigenvalue weighted by molar-refractivity contribution is -0.147. The van der Waals surface area contributed by atoms with E-state index in [-0.39, 0.29) is 29.9 Å². The molecule has 0 unspecified atom stereocenters. The first-order valence-corrected chi connectivity index (χ1v) is 8.95. The summed E-state index contributed by atoms with van der Waals surface area (Å²) in [6.07, 6.45) is 1.35. The van der Waals surface area contributed by atoms with Crippen LogP contribution >= 0.6 is 0 Å². The Bertz CT molecular complexity index is 647.